The number of alkyl carbamates (subject to hydrolysis) is 1. The van der Waals surface area contributed by atoms with Crippen molar-refractivity contribution in [1.82, 2.24) is 34.4 Å². The van der Waals surface area contributed by atoms with Gasteiger partial charge in [-0.25, -0.2) is 9.78 Å². The zero-order chi connectivity index (χ0) is 32.0. The molecule has 0 saturated carbocycles. The molecule has 0 atom stereocenters. The van der Waals surface area contributed by atoms with Crippen molar-refractivity contribution in [2.75, 3.05) is 49.7 Å². The number of carbonyl (C=O) groups excluding carboxylic acids is 1. The van der Waals surface area contributed by atoms with Gasteiger partial charge in [-0.05, 0) is 67.2 Å². The van der Waals surface area contributed by atoms with E-state index < -0.39 is 20.5 Å². The average molecular weight is 702 g/mol. The summed E-state index contributed by atoms with van der Waals surface area (Å²) in [4.78, 5) is 28.9. The Labute approximate surface area is 273 Å². The highest BCUT2D eigenvalue weighted by Gasteiger charge is 2.21. The van der Waals surface area contributed by atoms with Crippen LogP contribution in [0, 0.1) is 0 Å². The summed E-state index contributed by atoms with van der Waals surface area (Å²) in [7, 11) is -0.392. The molecule has 4 heterocycles. The predicted molar refractivity (Wildman–Crippen MR) is 179 cm³/mol. The summed E-state index contributed by atoms with van der Waals surface area (Å²) in [6.07, 6.45) is 2.84. The van der Waals surface area contributed by atoms with Gasteiger partial charge in [-0.15, -0.1) is 0 Å². The molecule has 1 aliphatic rings. The lowest BCUT2D eigenvalue weighted by molar-refractivity contribution is 0.0527. The van der Waals surface area contributed by atoms with Crippen LogP contribution in [0.4, 0.5) is 16.7 Å². The Balaban J connectivity index is 1.38. The molecule has 0 spiro atoms. The third-order valence-electron chi connectivity index (χ3n) is 7.20. The molecule has 243 valence electrons. The maximum atomic E-state index is 12.1. The van der Waals surface area contributed by atoms with E-state index >= 15 is 0 Å². The van der Waals surface area contributed by atoms with E-state index in [2.05, 4.69) is 60.3 Å². The molecule has 0 aliphatic carbocycles. The van der Waals surface area contributed by atoms with Crippen molar-refractivity contribution in [3.05, 3.63) is 40.3 Å². The molecule has 1 fully saturated rings. The number of ether oxygens (including phenoxy) is 3. The summed E-state index contributed by atoms with van der Waals surface area (Å²) >= 11 is 3.58. The number of aromatic nitrogens is 6. The number of rotatable bonds is 13. The molecular formula is C30H43BrN9O4Si. The van der Waals surface area contributed by atoms with E-state index in [1.807, 2.05) is 32.9 Å². The monoisotopic (exact) mass is 700 g/mol. The van der Waals surface area contributed by atoms with Crippen LogP contribution in [0.15, 0.2) is 28.9 Å². The van der Waals surface area contributed by atoms with Crippen molar-refractivity contribution in [2.45, 2.75) is 71.6 Å². The van der Waals surface area contributed by atoms with Crippen LogP contribution in [0.1, 0.15) is 38.6 Å². The number of nitrogens with one attached hydrogen (secondary N) is 2. The van der Waals surface area contributed by atoms with Gasteiger partial charge in [-0.2, -0.15) is 19.6 Å². The Bertz CT molecular complexity index is 1600. The third-order valence-corrected chi connectivity index (χ3v) is 8.96. The Morgan fingerprint density at radius 3 is 2.71 bits per heavy atom. The van der Waals surface area contributed by atoms with Gasteiger partial charge < -0.3 is 34.3 Å². The number of hydrogen-bond donors (Lipinski definition) is 2. The molecule has 0 bridgehead atoms. The maximum absolute atomic E-state index is 12.1. The fraction of sp³-hybridized carbons (Fsp3) is 0.567. The number of nitrogens with zero attached hydrogens (tertiary/aromatic N) is 7. The number of hydrogen-bond acceptors (Lipinski definition) is 10. The SMILES string of the molecule is C[Si](C)CCOCn1c(CNc2nc(N3CCOCC3)nc3c(Br)cnn23)nc2cccc(CCCNC(=O)OC(C)(C)C)c21. The van der Waals surface area contributed by atoms with Crippen molar-refractivity contribution in [3.8, 4) is 0 Å². The number of para-hydroxylation sites is 1. The summed E-state index contributed by atoms with van der Waals surface area (Å²) in [5.41, 5.74) is 3.23. The van der Waals surface area contributed by atoms with Crippen molar-refractivity contribution < 1.29 is 19.0 Å². The van der Waals surface area contributed by atoms with E-state index in [1.165, 1.54) is 0 Å². The maximum Gasteiger partial charge on any atom is 0.407 e. The number of aryl methyl sites for hydroxylation is 1. The average Bonchev–Trinajstić information content (AvgIpc) is 3.56. The van der Waals surface area contributed by atoms with E-state index in [0.717, 1.165) is 58.9 Å². The molecule has 5 rings (SSSR count). The Morgan fingerprint density at radius 1 is 1.16 bits per heavy atom. The minimum Gasteiger partial charge on any atom is -0.444 e. The first-order valence-corrected chi connectivity index (χ1v) is 18.9. The van der Waals surface area contributed by atoms with E-state index in [-0.39, 0.29) is 0 Å². The number of morpholine rings is 1. The predicted octanol–water partition coefficient (Wildman–Crippen LogP) is 4.87. The Kier molecular flexibility index (Phi) is 10.9. The fourth-order valence-corrected chi connectivity index (χ4v) is 5.92. The second-order valence-electron chi connectivity index (χ2n) is 12.3. The highest BCUT2D eigenvalue weighted by molar-refractivity contribution is 9.10. The summed E-state index contributed by atoms with van der Waals surface area (Å²) in [5, 5.41) is 10.8. The number of carbonyl (C=O) groups is 1. The second-order valence-corrected chi connectivity index (χ2v) is 16.1. The number of imidazole rings is 1. The highest BCUT2D eigenvalue weighted by Crippen LogP contribution is 2.25. The van der Waals surface area contributed by atoms with Gasteiger partial charge in [0.1, 0.15) is 18.2 Å². The van der Waals surface area contributed by atoms with Crippen LogP contribution in [0.25, 0.3) is 16.7 Å². The van der Waals surface area contributed by atoms with Gasteiger partial charge in [0, 0.05) is 35.0 Å². The Hall–Kier alpha value is -3.27. The number of benzene rings is 1. The molecule has 1 radical (unpaired) electrons. The van der Waals surface area contributed by atoms with Crippen LogP contribution < -0.4 is 15.5 Å². The van der Waals surface area contributed by atoms with Crippen LogP contribution in [0.5, 0.6) is 0 Å². The zero-order valence-corrected chi connectivity index (χ0v) is 29.3. The second kappa shape index (κ2) is 14.9. The van der Waals surface area contributed by atoms with Crippen molar-refractivity contribution in [3.63, 3.8) is 0 Å². The quantitative estimate of drug-likeness (QED) is 0.147. The first kappa shape index (κ1) is 33.1. The van der Waals surface area contributed by atoms with Crippen molar-refractivity contribution >= 4 is 59.4 Å². The number of anilines is 2. The molecule has 15 heteroatoms. The largest absolute Gasteiger partial charge is 0.444 e. The molecule has 1 saturated heterocycles. The van der Waals surface area contributed by atoms with E-state index in [9.17, 15) is 4.79 Å². The van der Waals surface area contributed by atoms with Crippen LogP contribution in [-0.4, -0.2) is 89.1 Å². The number of halogens is 1. The summed E-state index contributed by atoms with van der Waals surface area (Å²) in [5.74, 6) is 2.03. The lowest BCUT2D eigenvalue weighted by atomic mass is 10.1. The lowest BCUT2D eigenvalue weighted by Crippen LogP contribution is -2.37. The number of amides is 1. The number of fused-ring (bicyclic) bond motifs is 2. The van der Waals surface area contributed by atoms with E-state index in [1.54, 1.807) is 10.7 Å². The van der Waals surface area contributed by atoms with Crippen molar-refractivity contribution in [1.29, 1.82) is 0 Å². The van der Waals surface area contributed by atoms with Gasteiger partial charge in [-0.1, -0.05) is 25.2 Å². The van der Waals surface area contributed by atoms with Crippen LogP contribution >= 0.6 is 15.9 Å². The van der Waals surface area contributed by atoms with Gasteiger partial charge in [0.15, 0.2) is 5.65 Å². The topological polar surface area (TPSA) is 133 Å². The first-order chi connectivity index (χ1) is 21.6. The van der Waals surface area contributed by atoms with Gasteiger partial charge >= 0.3 is 6.09 Å². The van der Waals surface area contributed by atoms with Crippen LogP contribution in [0.2, 0.25) is 19.1 Å². The fourth-order valence-electron chi connectivity index (χ4n) is 5.02. The zero-order valence-electron chi connectivity index (χ0n) is 26.7. The van der Waals surface area contributed by atoms with E-state index in [4.69, 9.17) is 29.2 Å². The van der Waals surface area contributed by atoms with Gasteiger partial charge in [0.05, 0.1) is 41.5 Å². The van der Waals surface area contributed by atoms with Crippen LogP contribution in [0.3, 0.4) is 0 Å². The first-order valence-electron chi connectivity index (χ1n) is 15.4. The van der Waals surface area contributed by atoms with Crippen LogP contribution in [-0.2, 0) is 33.9 Å². The normalized spacial score (nSPS) is 14.1. The van der Waals surface area contributed by atoms with Gasteiger partial charge in [0.2, 0.25) is 11.9 Å². The molecule has 1 aromatic carbocycles. The molecule has 0 unspecified atom stereocenters. The van der Waals surface area contributed by atoms with Crippen molar-refractivity contribution in [2.24, 2.45) is 0 Å². The Morgan fingerprint density at radius 2 is 1.96 bits per heavy atom. The van der Waals surface area contributed by atoms with Gasteiger partial charge in [-0.3, -0.25) is 0 Å². The summed E-state index contributed by atoms with van der Waals surface area (Å²) < 4.78 is 21.8. The lowest BCUT2D eigenvalue weighted by Gasteiger charge is -2.27. The highest BCUT2D eigenvalue weighted by atomic mass is 79.9. The molecule has 1 aliphatic heterocycles. The minimum absolute atomic E-state index is 0.390. The standard InChI is InChI=1S/C30H43BrN9O4Si/c1-30(2,3)44-29(41)32-11-7-9-21-8-6-10-23-25(21)39(20-43-16-17-45(4)5)24(35-23)19-33-27-37-28(38-12-14-42-15-13-38)36-26-22(31)18-34-40(26)27/h6,8,10,18H,7,9,11-17,19-20H2,1-5H3,(H,32,41)(H,33,36,37). The smallest absolute Gasteiger partial charge is 0.407 e. The molecule has 3 aromatic heterocycles. The minimum atomic E-state index is -0.528. The van der Waals surface area contributed by atoms with Gasteiger partial charge in [0.25, 0.3) is 0 Å². The molecule has 2 N–H and O–H groups in total. The molecular weight excluding hydrogens is 658 g/mol. The molecule has 4 aromatic rings. The molecule has 13 nitrogen and oxygen atoms in total. The van der Waals surface area contributed by atoms with E-state index in [0.29, 0.717) is 57.2 Å². The third kappa shape index (κ3) is 8.71. The summed E-state index contributed by atoms with van der Waals surface area (Å²) in [6.45, 7) is 14.9. The molecule has 1 amide bonds. The summed E-state index contributed by atoms with van der Waals surface area (Å²) in [6, 6.07) is 7.25. The molecule has 45 heavy (non-hydrogen) atoms.